The van der Waals surface area contributed by atoms with Gasteiger partial charge in [0.15, 0.2) is 6.61 Å². The van der Waals surface area contributed by atoms with E-state index in [2.05, 4.69) is 37.2 Å². The standard InChI is InChI=1S/C15H13Br2NO2/c1-10-5-7-11(8-6-10)18-14(19)9-20-15-12(16)3-2-4-13(15)17/h2-8H,9H2,1H3,(H,18,19). The number of para-hydroxylation sites is 1. The first kappa shape index (κ1) is 15.1. The van der Waals surface area contributed by atoms with E-state index >= 15 is 0 Å². The summed E-state index contributed by atoms with van der Waals surface area (Å²) in [7, 11) is 0. The summed E-state index contributed by atoms with van der Waals surface area (Å²) in [6.07, 6.45) is 0. The molecular formula is C15H13Br2NO2. The number of carbonyl (C=O) groups excluding carboxylic acids is 1. The van der Waals surface area contributed by atoms with Crippen LogP contribution in [0.4, 0.5) is 5.69 Å². The summed E-state index contributed by atoms with van der Waals surface area (Å²) in [4.78, 5) is 11.8. The molecule has 0 spiro atoms. The average Bonchev–Trinajstić information content (AvgIpc) is 2.41. The fourth-order valence-corrected chi connectivity index (χ4v) is 2.82. The summed E-state index contributed by atoms with van der Waals surface area (Å²) < 4.78 is 7.12. The lowest BCUT2D eigenvalue weighted by molar-refractivity contribution is -0.118. The second kappa shape index (κ2) is 6.90. The highest BCUT2D eigenvalue weighted by Crippen LogP contribution is 2.32. The normalized spacial score (nSPS) is 10.2. The molecule has 0 aliphatic rings. The number of rotatable bonds is 4. The third-order valence-electron chi connectivity index (χ3n) is 2.60. The molecule has 0 aromatic heterocycles. The van der Waals surface area contributed by atoms with Gasteiger partial charge in [-0.2, -0.15) is 0 Å². The number of aryl methyl sites for hydroxylation is 1. The van der Waals surface area contributed by atoms with E-state index in [4.69, 9.17) is 4.74 Å². The summed E-state index contributed by atoms with van der Waals surface area (Å²) in [6.45, 7) is 1.95. The van der Waals surface area contributed by atoms with Crippen molar-refractivity contribution in [2.24, 2.45) is 0 Å². The molecule has 104 valence electrons. The van der Waals surface area contributed by atoms with Gasteiger partial charge in [-0.05, 0) is 63.0 Å². The van der Waals surface area contributed by atoms with E-state index in [-0.39, 0.29) is 12.5 Å². The van der Waals surface area contributed by atoms with Crippen LogP contribution in [0.3, 0.4) is 0 Å². The van der Waals surface area contributed by atoms with Gasteiger partial charge in [0.1, 0.15) is 5.75 Å². The van der Waals surface area contributed by atoms with Gasteiger partial charge >= 0.3 is 0 Å². The quantitative estimate of drug-likeness (QED) is 0.821. The Labute approximate surface area is 134 Å². The van der Waals surface area contributed by atoms with Crippen molar-refractivity contribution < 1.29 is 9.53 Å². The van der Waals surface area contributed by atoms with Crippen LogP contribution in [0.2, 0.25) is 0 Å². The Bertz CT molecular complexity index is 592. The molecular weight excluding hydrogens is 386 g/mol. The zero-order chi connectivity index (χ0) is 14.5. The average molecular weight is 399 g/mol. The molecule has 0 heterocycles. The highest BCUT2D eigenvalue weighted by Gasteiger charge is 2.09. The molecule has 0 radical (unpaired) electrons. The number of carbonyl (C=O) groups is 1. The molecule has 1 N–H and O–H groups in total. The molecule has 1 amide bonds. The molecule has 0 atom stereocenters. The number of ether oxygens (including phenoxy) is 1. The Morgan fingerprint density at radius 3 is 2.30 bits per heavy atom. The van der Waals surface area contributed by atoms with E-state index in [1.165, 1.54) is 0 Å². The molecule has 0 fully saturated rings. The zero-order valence-corrected chi connectivity index (χ0v) is 14.0. The third kappa shape index (κ3) is 4.08. The number of nitrogens with one attached hydrogen (secondary N) is 1. The van der Waals surface area contributed by atoms with E-state index in [9.17, 15) is 4.79 Å². The number of hydrogen-bond donors (Lipinski definition) is 1. The van der Waals surface area contributed by atoms with Crippen LogP contribution < -0.4 is 10.1 Å². The van der Waals surface area contributed by atoms with Crippen molar-refractivity contribution in [3.8, 4) is 5.75 Å². The predicted octanol–water partition coefficient (Wildman–Crippen LogP) is 4.54. The largest absolute Gasteiger partial charge is 0.481 e. The maximum atomic E-state index is 11.8. The Balaban J connectivity index is 1.94. The van der Waals surface area contributed by atoms with Gasteiger partial charge in [0.2, 0.25) is 0 Å². The van der Waals surface area contributed by atoms with Crippen LogP contribution >= 0.6 is 31.9 Å². The molecule has 20 heavy (non-hydrogen) atoms. The fraction of sp³-hybridized carbons (Fsp3) is 0.133. The maximum Gasteiger partial charge on any atom is 0.262 e. The first-order chi connectivity index (χ1) is 9.56. The first-order valence-electron chi connectivity index (χ1n) is 5.99. The molecule has 2 rings (SSSR count). The smallest absolute Gasteiger partial charge is 0.262 e. The van der Waals surface area contributed by atoms with Crippen molar-refractivity contribution in [2.75, 3.05) is 11.9 Å². The lowest BCUT2D eigenvalue weighted by Gasteiger charge is -2.10. The molecule has 0 saturated carbocycles. The second-order valence-corrected chi connectivity index (χ2v) is 5.96. The fourth-order valence-electron chi connectivity index (χ4n) is 1.59. The molecule has 0 bridgehead atoms. The van der Waals surface area contributed by atoms with Crippen molar-refractivity contribution in [2.45, 2.75) is 6.92 Å². The van der Waals surface area contributed by atoms with Crippen LogP contribution in [0, 0.1) is 6.92 Å². The van der Waals surface area contributed by atoms with Gasteiger partial charge < -0.3 is 10.1 Å². The van der Waals surface area contributed by atoms with Crippen molar-refractivity contribution in [1.29, 1.82) is 0 Å². The van der Waals surface area contributed by atoms with E-state index in [1.54, 1.807) is 0 Å². The summed E-state index contributed by atoms with van der Waals surface area (Å²) in [5.41, 5.74) is 1.91. The molecule has 0 unspecified atom stereocenters. The lowest BCUT2D eigenvalue weighted by atomic mass is 10.2. The summed E-state index contributed by atoms with van der Waals surface area (Å²) in [6, 6.07) is 13.2. The number of anilines is 1. The van der Waals surface area contributed by atoms with Gasteiger partial charge in [-0.25, -0.2) is 0 Å². The summed E-state index contributed by atoms with van der Waals surface area (Å²) >= 11 is 6.77. The minimum atomic E-state index is -0.198. The monoisotopic (exact) mass is 397 g/mol. The van der Waals surface area contributed by atoms with Crippen LogP contribution in [0.5, 0.6) is 5.75 Å². The SMILES string of the molecule is Cc1ccc(NC(=O)COc2c(Br)cccc2Br)cc1. The highest BCUT2D eigenvalue weighted by molar-refractivity contribution is 9.11. The van der Waals surface area contributed by atoms with E-state index in [0.717, 1.165) is 20.2 Å². The number of benzene rings is 2. The number of amides is 1. The highest BCUT2D eigenvalue weighted by atomic mass is 79.9. The van der Waals surface area contributed by atoms with Gasteiger partial charge in [-0.15, -0.1) is 0 Å². The van der Waals surface area contributed by atoms with Crippen LogP contribution in [-0.2, 0) is 4.79 Å². The molecule has 0 aliphatic heterocycles. The molecule has 0 saturated heterocycles. The van der Waals surface area contributed by atoms with Crippen LogP contribution in [0.25, 0.3) is 0 Å². The van der Waals surface area contributed by atoms with Gasteiger partial charge in [0, 0.05) is 5.69 Å². The van der Waals surface area contributed by atoms with Gasteiger partial charge in [0.05, 0.1) is 8.95 Å². The van der Waals surface area contributed by atoms with E-state index in [0.29, 0.717) is 5.75 Å². The maximum absolute atomic E-state index is 11.8. The molecule has 3 nitrogen and oxygen atoms in total. The Morgan fingerprint density at radius 1 is 1.10 bits per heavy atom. The summed E-state index contributed by atoms with van der Waals surface area (Å²) in [5, 5.41) is 2.78. The van der Waals surface area contributed by atoms with Crippen LogP contribution in [-0.4, -0.2) is 12.5 Å². The minimum absolute atomic E-state index is 0.0465. The molecule has 2 aromatic rings. The number of hydrogen-bond acceptors (Lipinski definition) is 2. The Morgan fingerprint density at radius 2 is 1.70 bits per heavy atom. The molecule has 5 heteroatoms. The van der Waals surface area contributed by atoms with Crippen molar-refractivity contribution in [1.82, 2.24) is 0 Å². The molecule has 0 aliphatic carbocycles. The third-order valence-corrected chi connectivity index (χ3v) is 3.85. The first-order valence-corrected chi connectivity index (χ1v) is 7.58. The van der Waals surface area contributed by atoms with Crippen LogP contribution in [0.1, 0.15) is 5.56 Å². The van der Waals surface area contributed by atoms with Crippen LogP contribution in [0.15, 0.2) is 51.4 Å². The Kier molecular flexibility index (Phi) is 5.20. The predicted molar refractivity (Wildman–Crippen MR) is 87.1 cm³/mol. The minimum Gasteiger partial charge on any atom is -0.481 e. The van der Waals surface area contributed by atoms with Crippen molar-refractivity contribution in [3.63, 3.8) is 0 Å². The van der Waals surface area contributed by atoms with Gasteiger partial charge in [0.25, 0.3) is 5.91 Å². The Hall–Kier alpha value is -1.33. The lowest BCUT2D eigenvalue weighted by Crippen LogP contribution is -2.20. The number of halogens is 2. The topological polar surface area (TPSA) is 38.3 Å². The van der Waals surface area contributed by atoms with Crippen molar-refractivity contribution >= 4 is 43.5 Å². The molecule has 2 aromatic carbocycles. The van der Waals surface area contributed by atoms with Crippen molar-refractivity contribution in [3.05, 3.63) is 57.0 Å². The van der Waals surface area contributed by atoms with E-state index < -0.39 is 0 Å². The summed E-state index contributed by atoms with van der Waals surface area (Å²) in [5.74, 6) is 0.420. The van der Waals surface area contributed by atoms with E-state index in [1.807, 2.05) is 49.4 Å². The zero-order valence-electron chi connectivity index (χ0n) is 10.8. The van der Waals surface area contributed by atoms with Gasteiger partial charge in [-0.1, -0.05) is 23.8 Å². The van der Waals surface area contributed by atoms with Gasteiger partial charge in [-0.3, -0.25) is 4.79 Å². The second-order valence-electron chi connectivity index (χ2n) is 4.25.